The van der Waals surface area contributed by atoms with Gasteiger partial charge in [-0.2, -0.15) is 0 Å². The Hall–Kier alpha value is -2.45. The molecule has 1 fully saturated rings. The van der Waals surface area contributed by atoms with Crippen LogP contribution in [0.4, 0.5) is 4.79 Å². The summed E-state index contributed by atoms with van der Waals surface area (Å²) in [5.41, 5.74) is 0.904. The minimum absolute atomic E-state index is 0.189. The van der Waals surface area contributed by atoms with Crippen molar-refractivity contribution >= 4 is 23.3 Å². The van der Waals surface area contributed by atoms with Crippen LogP contribution in [-0.2, 0) is 11.3 Å². The Morgan fingerprint density at radius 2 is 2.16 bits per heavy atom. The van der Waals surface area contributed by atoms with E-state index >= 15 is 0 Å². The summed E-state index contributed by atoms with van der Waals surface area (Å²) in [5.74, 6) is -0.349. The number of carbonyl (C=O) groups is 2. The zero-order valence-electron chi connectivity index (χ0n) is 13.5. The fraction of sp³-hybridized carbons (Fsp3) is 0.353. The van der Waals surface area contributed by atoms with E-state index in [0.717, 1.165) is 5.56 Å². The number of aliphatic hydroxyl groups is 1. The summed E-state index contributed by atoms with van der Waals surface area (Å²) < 4.78 is 5.31. The molecule has 3 rings (SSSR count). The molecule has 1 aliphatic rings. The van der Waals surface area contributed by atoms with Gasteiger partial charge in [-0.25, -0.2) is 9.78 Å². The van der Waals surface area contributed by atoms with Crippen molar-refractivity contribution in [1.82, 2.24) is 15.2 Å². The molecule has 1 aliphatic heterocycles. The molecule has 0 saturated carbocycles. The number of nitrogens with zero attached hydrogens (tertiary/aromatic N) is 2. The number of hydrogen-bond donors (Lipinski definition) is 2. The van der Waals surface area contributed by atoms with E-state index in [2.05, 4.69) is 10.3 Å². The molecule has 1 aromatic carbocycles. The second-order valence-corrected chi connectivity index (χ2v) is 6.65. The van der Waals surface area contributed by atoms with Gasteiger partial charge in [0.25, 0.3) is 5.91 Å². The van der Waals surface area contributed by atoms with Gasteiger partial charge in [0, 0.05) is 24.7 Å². The Kier molecular flexibility index (Phi) is 5.62. The van der Waals surface area contributed by atoms with Gasteiger partial charge in [0.2, 0.25) is 0 Å². The minimum Gasteiger partial charge on any atom is -0.445 e. The Morgan fingerprint density at radius 1 is 1.36 bits per heavy atom. The first-order chi connectivity index (χ1) is 12.1. The van der Waals surface area contributed by atoms with Crippen molar-refractivity contribution in [1.29, 1.82) is 0 Å². The molecular formula is C17H19N3O4S. The van der Waals surface area contributed by atoms with Crippen LogP contribution in [0.3, 0.4) is 0 Å². The van der Waals surface area contributed by atoms with Crippen LogP contribution in [0.15, 0.2) is 41.9 Å². The number of hydrogen-bond acceptors (Lipinski definition) is 6. The number of thiazole rings is 1. The van der Waals surface area contributed by atoms with Crippen LogP contribution in [0, 0.1) is 0 Å². The van der Waals surface area contributed by atoms with E-state index in [1.807, 2.05) is 30.3 Å². The maximum absolute atomic E-state index is 12.2. The van der Waals surface area contributed by atoms with Gasteiger partial charge in [-0.3, -0.25) is 4.79 Å². The van der Waals surface area contributed by atoms with Crippen LogP contribution in [0.1, 0.15) is 21.8 Å². The van der Waals surface area contributed by atoms with E-state index in [-0.39, 0.29) is 19.1 Å². The maximum Gasteiger partial charge on any atom is 0.410 e. The predicted molar refractivity (Wildman–Crippen MR) is 92.2 cm³/mol. The van der Waals surface area contributed by atoms with Crippen LogP contribution in [-0.4, -0.2) is 52.2 Å². The largest absolute Gasteiger partial charge is 0.445 e. The molecule has 0 radical (unpaired) electrons. The third-order valence-electron chi connectivity index (χ3n) is 3.98. The molecule has 2 N–H and O–H groups in total. The van der Waals surface area contributed by atoms with Crippen molar-refractivity contribution in [2.45, 2.75) is 25.2 Å². The molecule has 2 heterocycles. The number of aliphatic hydroxyl groups excluding tert-OH is 1. The number of likely N-dealkylation sites (tertiary alicyclic amines) is 1. The van der Waals surface area contributed by atoms with E-state index in [1.165, 1.54) is 16.2 Å². The topological polar surface area (TPSA) is 91.8 Å². The van der Waals surface area contributed by atoms with Gasteiger partial charge in [-0.05, 0) is 12.0 Å². The summed E-state index contributed by atoms with van der Waals surface area (Å²) in [6.45, 7) is 0.777. The monoisotopic (exact) mass is 361 g/mol. The first-order valence-electron chi connectivity index (χ1n) is 7.97. The third-order valence-corrected chi connectivity index (χ3v) is 4.75. The summed E-state index contributed by atoms with van der Waals surface area (Å²) >= 11 is 1.22. The lowest BCUT2D eigenvalue weighted by molar-refractivity contribution is 0.0324. The minimum atomic E-state index is -0.706. The Morgan fingerprint density at radius 3 is 2.88 bits per heavy atom. The molecule has 1 aromatic heterocycles. The number of piperidine rings is 1. The quantitative estimate of drug-likeness (QED) is 0.864. The predicted octanol–water partition coefficient (Wildman–Crippen LogP) is 1.64. The molecular weight excluding hydrogens is 342 g/mol. The smallest absolute Gasteiger partial charge is 0.410 e. The zero-order chi connectivity index (χ0) is 17.6. The highest BCUT2D eigenvalue weighted by atomic mass is 32.1. The standard InChI is InChI=1S/C17H19N3O4S/c21-14-6-8-20(17(23)24-11-12-4-2-1-3-5-12)10-13(14)19-15(22)16-18-7-9-25-16/h1-5,7,9,13-14,21H,6,8,10-11H2,(H,19,22)/t13-,14-/m1/s1. The molecule has 0 bridgehead atoms. The van der Waals surface area contributed by atoms with Gasteiger partial charge in [0.05, 0.1) is 12.1 Å². The van der Waals surface area contributed by atoms with E-state index in [0.29, 0.717) is 18.0 Å². The van der Waals surface area contributed by atoms with Crippen molar-refractivity contribution in [3.63, 3.8) is 0 Å². The molecule has 7 nitrogen and oxygen atoms in total. The van der Waals surface area contributed by atoms with Gasteiger partial charge in [-0.15, -0.1) is 11.3 Å². The van der Waals surface area contributed by atoms with Crippen molar-refractivity contribution in [2.75, 3.05) is 13.1 Å². The van der Waals surface area contributed by atoms with Crippen molar-refractivity contribution in [3.8, 4) is 0 Å². The molecule has 0 aliphatic carbocycles. The molecule has 8 heteroatoms. The fourth-order valence-corrected chi connectivity index (χ4v) is 3.16. The summed E-state index contributed by atoms with van der Waals surface area (Å²) in [7, 11) is 0. The number of ether oxygens (including phenoxy) is 1. The second kappa shape index (κ2) is 8.09. The van der Waals surface area contributed by atoms with Gasteiger partial charge in [0.15, 0.2) is 5.01 Å². The summed E-state index contributed by atoms with van der Waals surface area (Å²) in [6.07, 6.45) is 0.763. The lowest BCUT2D eigenvalue weighted by Crippen LogP contribution is -2.56. The lowest BCUT2D eigenvalue weighted by Gasteiger charge is -2.35. The average molecular weight is 361 g/mol. The van der Waals surface area contributed by atoms with E-state index in [1.54, 1.807) is 11.6 Å². The Balaban J connectivity index is 1.54. The molecule has 0 spiro atoms. The maximum atomic E-state index is 12.2. The van der Waals surface area contributed by atoms with Gasteiger partial charge in [0.1, 0.15) is 6.61 Å². The molecule has 2 amide bonds. The van der Waals surface area contributed by atoms with Gasteiger partial charge >= 0.3 is 6.09 Å². The van der Waals surface area contributed by atoms with Crippen molar-refractivity contribution in [2.24, 2.45) is 0 Å². The number of amides is 2. The number of carbonyl (C=O) groups excluding carboxylic acids is 2. The summed E-state index contributed by atoms with van der Waals surface area (Å²) in [5, 5.41) is 14.9. The molecule has 1 saturated heterocycles. The highest BCUT2D eigenvalue weighted by molar-refractivity contribution is 7.11. The van der Waals surface area contributed by atoms with Crippen molar-refractivity contribution < 1.29 is 19.4 Å². The van der Waals surface area contributed by atoms with Crippen LogP contribution in [0.25, 0.3) is 0 Å². The van der Waals surface area contributed by atoms with E-state index < -0.39 is 18.2 Å². The van der Waals surface area contributed by atoms with Crippen LogP contribution < -0.4 is 5.32 Å². The van der Waals surface area contributed by atoms with Gasteiger partial charge < -0.3 is 20.1 Å². The highest BCUT2D eigenvalue weighted by Crippen LogP contribution is 2.14. The highest BCUT2D eigenvalue weighted by Gasteiger charge is 2.32. The van der Waals surface area contributed by atoms with E-state index in [9.17, 15) is 14.7 Å². The molecule has 132 valence electrons. The molecule has 0 unspecified atom stereocenters. The van der Waals surface area contributed by atoms with Gasteiger partial charge in [-0.1, -0.05) is 30.3 Å². The SMILES string of the molecule is O=C(N[C@@H]1CN(C(=O)OCc2ccccc2)CC[C@H]1O)c1nccs1. The first-order valence-corrected chi connectivity index (χ1v) is 8.85. The number of rotatable bonds is 4. The van der Waals surface area contributed by atoms with Crippen LogP contribution >= 0.6 is 11.3 Å². The number of aromatic nitrogens is 1. The van der Waals surface area contributed by atoms with Crippen LogP contribution in [0.2, 0.25) is 0 Å². The third kappa shape index (κ3) is 4.55. The molecule has 25 heavy (non-hydrogen) atoms. The number of benzene rings is 1. The number of nitrogens with one attached hydrogen (secondary N) is 1. The molecule has 2 atom stereocenters. The first kappa shape index (κ1) is 17.4. The van der Waals surface area contributed by atoms with Crippen molar-refractivity contribution in [3.05, 3.63) is 52.5 Å². The normalized spacial score (nSPS) is 20.1. The summed E-state index contributed by atoms with van der Waals surface area (Å²) in [6, 6.07) is 8.87. The average Bonchev–Trinajstić information content (AvgIpc) is 3.17. The Bertz CT molecular complexity index is 708. The van der Waals surface area contributed by atoms with E-state index in [4.69, 9.17) is 4.74 Å². The lowest BCUT2D eigenvalue weighted by atomic mass is 10.0. The summed E-state index contributed by atoms with van der Waals surface area (Å²) in [4.78, 5) is 29.8. The molecule has 2 aromatic rings. The Labute approximate surface area is 149 Å². The second-order valence-electron chi connectivity index (χ2n) is 5.76. The van der Waals surface area contributed by atoms with Crippen LogP contribution in [0.5, 0.6) is 0 Å². The zero-order valence-corrected chi connectivity index (χ0v) is 14.3. The fourth-order valence-electron chi connectivity index (χ4n) is 2.62.